The summed E-state index contributed by atoms with van der Waals surface area (Å²) >= 11 is 0. The smallest absolute Gasteiger partial charge is 0.124 e. The maximum absolute atomic E-state index is 5.73. The van der Waals surface area contributed by atoms with Crippen molar-refractivity contribution in [3.8, 4) is 5.75 Å². The molecule has 3 heteroatoms. The van der Waals surface area contributed by atoms with Crippen molar-refractivity contribution in [2.45, 2.75) is 32.2 Å². The highest BCUT2D eigenvalue weighted by Crippen LogP contribution is 2.31. The molecule has 110 valence electrons. The molecule has 0 bridgehead atoms. The van der Waals surface area contributed by atoms with Crippen LogP contribution in [0.1, 0.15) is 37.8 Å². The Kier molecular flexibility index (Phi) is 4.58. The first-order valence-electron chi connectivity index (χ1n) is 8.04. The fourth-order valence-corrected chi connectivity index (χ4v) is 3.37. The van der Waals surface area contributed by atoms with Gasteiger partial charge in [0.05, 0.1) is 6.61 Å². The van der Waals surface area contributed by atoms with Crippen LogP contribution in [0.4, 0.5) is 0 Å². The third-order valence-electron chi connectivity index (χ3n) is 4.77. The molecule has 1 atom stereocenters. The normalized spacial score (nSPS) is 24.1. The van der Waals surface area contributed by atoms with Crippen molar-refractivity contribution >= 4 is 0 Å². The number of nitrogens with zero attached hydrogens (tertiary/aromatic N) is 1. The minimum absolute atomic E-state index is 0.476. The zero-order chi connectivity index (χ0) is 13.8. The molecule has 0 aromatic heterocycles. The Balaban J connectivity index is 1.52. The topological polar surface area (TPSA) is 24.5 Å². The van der Waals surface area contributed by atoms with Gasteiger partial charge in [0.2, 0.25) is 0 Å². The number of likely N-dealkylation sites (tertiary alicyclic amines) is 1. The van der Waals surface area contributed by atoms with Crippen molar-refractivity contribution in [2.75, 3.05) is 32.8 Å². The van der Waals surface area contributed by atoms with Crippen LogP contribution in [0.25, 0.3) is 0 Å². The van der Waals surface area contributed by atoms with E-state index < -0.39 is 0 Å². The lowest BCUT2D eigenvalue weighted by molar-refractivity contribution is 0.182. The van der Waals surface area contributed by atoms with Gasteiger partial charge in [0, 0.05) is 18.0 Å². The fraction of sp³-hybridized carbons (Fsp3) is 0.647. The molecule has 1 saturated heterocycles. The van der Waals surface area contributed by atoms with E-state index in [-0.39, 0.29) is 0 Å². The third kappa shape index (κ3) is 3.15. The van der Waals surface area contributed by atoms with Gasteiger partial charge in [0.1, 0.15) is 5.75 Å². The summed E-state index contributed by atoms with van der Waals surface area (Å²) in [7, 11) is 0. The highest BCUT2D eigenvalue weighted by molar-refractivity contribution is 5.37. The summed E-state index contributed by atoms with van der Waals surface area (Å²) in [6.07, 6.45) is 3.77. The molecule has 1 N–H and O–H groups in total. The molecule has 0 radical (unpaired) electrons. The Labute approximate surface area is 122 Å². The number of piperidine rings is 1. The van der Waals surface area contributed by atoms with E-state index in [4.69, 9.17) is 4.74 Å². The van der Waals surface area contributed by atoms with Crippen molar-refractivity contribution in [3.05, 3.63) is 29.8 Å². The molecular formula is C17H26N2O. The predicted octanol–water partition coefficient (Wildman–Crippen LogP) is 2.83. The summed E-state index contributed by atoms with van der Waals surface area (Å²) in [4.78, 5) is 2.56. The van der Waals surface area contributed by atoms with Crippen LogP contribution in [0.15, 0.2) is 24.3 Å². The van der Waals surface area contributed by atoms with Crippen LogP contribution in [-0.4, -0.2) is 37.7 Å². The molecule has 3 rings (SSSR count). The molecule has 1 fully saturated rings. The van der Waals surface area contributed by atoms with Gasteiger partial charge in [0.15, 0.2) is 0 Å². The summed E-state index contributed by atoms with van der Waals surface area (Å²) in [5.74, 6) is 1.91. The number of benzene rings is 1. The minimum Gasteiger partial charge on any atom is -0.493 e. The maximum atomic E-state index is 5.73. The van der Waals surface area contributed by atoms with Crippen LogP contribution < -0.4 is 10.1 Å². The number of nitrogens with one attached hydrogen (secondary N) is 1. The van der Waals surface area contributed by atoms with E-state index in [9.17, 15) is 0 Å². The average Bonchev–Trinajstić information content (AvgIpc) is 2.53. The van der Waals surface area contributed by atoms with E-state index in [0.29, 0.717) is 6.04 Å². The molecular weight excluding hydrogens is 248 g/mol. The van der Waals surface area contributed by atoms with Gasteiger partial charge in [-0.2, -0.15) is 0 Å². The van der Waals surface area contributed by atoms with Crippen LogP contribution in [0, 0.1) is 5.92 Å². The number of para-hydroxylation sites is 1. The molecule has 2 heterocycles. The van der Waals surface area contributed by atoms with Crippen LogP contribution in [0.3, 0.4) is 0 Å². The van der Waals surface area contributed by atoms with Gasteiger partial charge in [-0.3, -0.25) is 0 Å². The molecule has 1 aromatic rings. The number of rotatable bonds is 4. The van der Waals surface area contributed by atoms with Crippen LogP contribution in [-0.2, 0) is 0 Å². The predicted molar refractivity (Wildman–Crippen MR) is 82.1 cm³/mol. The fourth-order valence-electron chi connectivity index (χ4n) is 3.37. The van der Waals surface area contributed by atoms with Gasteiger partial charge < -0.3 is 15.0 Å². The van der Waals surface area contributed by atoms with Gasteiger partial charge in [0.25, 0.3) is 0 Å². The number of ether oxygens (including phenoxy) is 1. The summed E-state index contributed by atoms with van der Waals surface area (Å²) in [6, 6.07) is 8.93. The SMILES string of the molecule is CCN1CCC(CNC2CCOc3ccccc32)CC1. The van der Waals surface area contributed by atoms with Crippen molar-refractivity contribution in [1.29, 1.82) is 0 Å². The van der Waals surface area contributed by atoms with E-state index >= 15 is 0 Å². The van der Waals surface area contributed by atoms with Gasteiger partial charge in [-0.1, -0.05) is 25.1 Å². The van der Waals surface area contributed by atoms with Gasteiger partial charge in [-0.15, -0.1) is 0 Å². The minimum atomic E-state index is 0.476. The quantitative estimate of drug-likeness (QED) is 0.913. The first kappa shape index (κ1) is 13.9. The second-order valence-electron chi connectivity index (χ2n) is 6.01. The number of fused-ring (bicyclic) bond motifs is 1. The Morgan fingerprint density at radius 3 is 2.80 bits per heavy atom. The van der Waals surface area contributed by atoms with E-state index in [2.05, 4.69) is 41.4 Å². The zero-order valence-electron chi connectivity index (χ0n) is 12.5. The van der Waals surface area contributed by atoms with Gasteiger partial charge in [-0.25, -0.2) is 0 Å². The van der Waals surface area contributed by atoms with Gasteiger partial charge in [-0.05, 0) is 51.0 Å². The largest absolute Gasteiger partial charge is 0.493 e. The Bertz CT molecular complexity index is 427. The maximum Gasteiger partial charge on any atom is 0.124 e. The summed E-state index contributed by atoms with van der Waals surface area (Å²) in [5.41, 5.74) is 1.34. The Morgan fingerprint density at radius 2 is 2.00 bits per heavy atom. The molecule has 2 aliphatic heterocycles. The molecule has 0 aliphatic carbocycles. The van der Waals surface area contributed by atoms with Crippen molar-refractivity contribution in [3.63, 3.8) is 0 Å². The Morgan fingerprint density at radius 1 is 1.20 bits per heavy atom. The first-order chi connectivity index (χ1) is 9.86. The second kappa shape index (κ2) is 6.59. The standard InChI is InChI=1S/C17H26N2O/c1-2-19-10-7-14(8-11-19)13-18-16-9-12-20-17-6-4-3-5-15(16)17/h3-6,14,16,18H,2,7-13H2,1H3. The lowest BCUT2D eigenvalue weighted by atomic mass is 9.95. The third-order valence-corrected chi connectivity index (χ3v) is 4.77. The second-order valence-corrected chi connectivity index (χ2v) is 6.01. The van der Waals surface area contributed by atoms with Crippen LogP contribution >= 0.6 is 0 Å². The molecule has 1 aromatic carbocycles. The molecule has 1 unspecified atom stereocenters. The van der Waals surface area contributed by atoms with Crippen molar-refractivity contribution in [2.24, 2.45) is 5.92 Å². The molecule has 3 nitrogen and oxygen atoms in total. The molecule has 0 saturated carbocycles. The highest BCUT2D eigenvalue weighted by Gasteiger charge is 2.23. The van der Waals surface area contributed by atoms with E-state index in [1.807, 2.05) is 0 Å². The summed E-state index contributed by atoms with van der Waals surface area (Å²) < 4.78 is 5.73. The number of hydrogen-bond donors (Lipinski definition) is 1. The van der Waals surface area contributed by atoms with E-state index in [0.717, 1.165) is 31.2 Å². The van der Waals surface area contributed by atoms with Crippen LogP contribution in [0.5, 0.6) is 5.75 Å². The first-order valence-corrected chi connectivity index (χ1v) is 8.04. The molecule has 0 amide bonds. The summed E-state index contributed by atoms with van der Waals surface area (Å²) in [5, 5.41) is 3.78. The van der Waals surface area contributed by atoms with Crippen molar-refractivity contribution < 1.29 is 4.74 Å². The lowest BCUT2D eigenvalue weighted by Gasteiger charge is -2.33. The van der Waals surface area contributed by atoms with Crippen LogP contribution in [0.2, 0.25) is 0 Å². The van der Waals surface area contributed by atoms with Crippen molar-refractivity contribution in [1.82, 2.24) is 10.2 Å². The molecule has 0 spiro atoms. The number of hydrogen-bond acceptors (Lipinski definition) is 3. The van der Waals surface area contributed by atoms with E-state index in [1.165, 1.54) is 38.0 Å². The average molecular weight is 274 g/mol. The monoisotopic (exact) mass is 274 g/mol. The summed E-state index contributed by atoms with van der Waals surface area (Å²) in [6.45, 7) is 7.99. The Hall–Kier alpha value is -1.06. The molecule has 2 aliphatic rings. The highest BCUT2D eigenvalue weighted by atomic mass is 16.5. The lowest BCUT2D eigenvalue weighted by Crippen LogP contribution is -2.38. The van der Waals surface area contributed by atoms with Gasteiger partial charge >= 0.3 is 0 Å². The van der Waals surface area contributed by atoms with E-state index in [1.54, 1.807) is 0 Å². The molecule has 20 heavy (non-hydrogen) atoms. The zero-order valence-corrected chi connectivity index (χ0v) is 12.5.